The van der Waals surface area contributed by atoms with Gasteiger partial charge in [0.1, 0.15) is 0 Å². The largest absolute Gasteiger partial charge is 0.454 e. The number of nitrogens with one attached hydrogen (secondary N) is 1. The summed E-state index contributed by atoms with van der Waals surface area (Å²) in [6, 6.07) is 9.20. The summed E-state index contributed by atoms with van der Waals surface area (Å²) < 4.78 is 15.6. The SMILES string of the molecule is Cc1cccc(C(C)C)c1NC(=O)COC(=O)/C=C/c1cc(Cl)c2c(c1)OCO2. The van der Waals surface area contributed by atoms with Gasteiger partial charge in [0.15, 0.2) is 18.1 Å². The van der Waals surface area contributed by atoms with Gasteiger partial charge >= 0.3 is 5.97 Å². The second-order valence-electron chi connectivity index (χ2n) is 6.92. The molecule has 0 saturated carbocycles. The molecule has 1 heterocycles. The fraction of sp³-hybridized carbons (Fsp3) is 0.273. The van der Waals surface area contributed by atoms with E-state index in [-0.39, 0.29) is 19.3 Å². The van der Waals surface area contributed by atoms with Crippen LogP contribution in [0.1, 0.15) is 36.5 Å². The molecule has 1 N–H and O–H groups in total. The van der Waals surface area contributed by atoms with E-state index in [0.29, 0.717) is 22.1 Å². The average Bonchev–Trinajstić information content (AvgIpc) is 3.15. The number of halogens is 1. The minimum Gasteiger partial charge on any atom is -0.454 e. The standard InChI is InChI=1S/C22H22ClNO5/c1-13(2)16-6-4-5-14(3)21(16)24-19(25)11-27-20(26)8-7-15-9-17(23)22-18(10-15)28-12-29-22/h4-10,13H,11-12H2,1-3H3,(H,24,25)/b8-7+. The summed E-state index contributed by atoms with van der Waals surface area (Å²) in [5.74, 6) is 0.227. The number of hydrogen-bond acceptors (Lipinski definition) is 5. The van der Waals surface area contributed by atoms with Crippen LogP contribution < -0.4 is 14.8 Å². The van der Waals surface area contributed by atoms with E-state index >= 15 is 0 Å². The Hall–Kier alpha value is -2.99. The Bertz CT molecular complexity index is 968. The van der Waals surface area contributed by atoms with Crippen molar-refractivity contribution < 1.29 is 23.8 Å². The molecular formula is C22H22ClNO5. The third-order valence-electron chi connectivity index (χ3n) is 4.40. The van der Waals surface area contributed by atoms with Gasteiger partial charge in [-0.25, -0.2) is 4.79 Å². The molecule has 0 fully saturated rings. The topological polar surface area (TPSA) is 73.9 Å². The highest BCUT2D eigenvalue weighted by molar-refractivity contribution is 6.32. The van der Waals surface area contributed by atoms with Gasteiger partial charge < -0.3 is 19.5 Å². The Morgan fingerprint density at radius 2 is 2.07 bits per heavy atom. The van der Waals surface area contributed by atoms with Crippen molar-refractivity contribution in [3.63, 3.8) is 0 Å². The summed E-state index contributed by atoms with van der Waals surface area (Å²) >= 11 is 6.11. The lowest BCUT2D eigenvalue weighted by Gasteiger charge is -2.16. The Kier molecular flexibility index (Phi) is 6.44. The summed E-state index contributed by atoms with van der Waals surface area (Å²) in [5.41, 5.74) is 3.40. The maximum atomic E-state index is 12.2. The van der Waals surface area contributed by atoms with E-state index in [2.05, 4.69) is 19.2 Å². The van der Waals surface area contributed by atoms with Gasteiger partial charge in [-0.05, 0) is 47.7 Å². The molecule has 152 valence electrons. The Morgan fingerprint density at radius 3 is 2.83 bits per heavy atom. The summed E-state index contributed by atoms with van der Waals surface area (Å²) in [6.45, 7) is 5.76. The second-order valence-corrected chi connectivity index (χ2v) is 7.33. The Morgan fingerprint density at radius 1 is 1.28 bits per heavy atom. The fourth-order valence-electron chi connectivity index (χ4n) is 2.95. The van der Waals surface area contributed by atoms with Crippen molar-refractivity contribution in [3.05, 3.63) is 58.1 Å². The molecule has 0 atom stereocenters. The van der Waals surface area contributed by atoms with Crippen LogP contribution in [-0.4, -0.2) is 25.3 Å². The molecule has 7 heteroatoms. The van der Waals surface area contributed by atoms with Crippen molar-refractivity contribution in [1.29, 1.82) is 0 Å². The van der Waals surface area contributed by atoms with Crippen LogP contribution in [0.15, 0.2) is 36.4 Å². The van der Waals surface area contributed by atoms with E-state index in [1.165, 1.54) is 12.2 Å². The Labute approximate surface area is 174 Å². The molecule has 1 amide bonds. The van der Waals surface area contributed by atoms with Crippen LogP contribution in [0.25, 0.3) is 6.08 Å². The zero-order chi connectivity index (χ0) is 21.0. The van der Waals surface area contributed by atoms with Gasteiger partial charge in [0.2, 0.25) is 6.79 Å². The lowest BCUT2D eigenvalue weighted by atomic mass is 9.98. The van der Waals surface area contributed by atoms with E-state index < -0.39 is 11.9 Å². The predicted octanol–water partition coefficient (Wildman–Crippen LogP) is 4.70. The van der Waals surface area contributed by atoms with E-state index in [0.717, 1.165) is 16.8 Å². The van der Waals surface area contributed by atoms with Crippen LogP contribution in [0.5, 0.6) is 11.5 Å². The van der Waals surface area contributed by atoms with E-state index in [4.69, 9.17) is 25.8 Å². The van der Waals surface area contributed by atoms with Crippen LogP contribution in [-0.2, 0) is 14.3 Å². The number of esters is 1. The minimum absolute atomic E-state index is 0.110. The molecule has 29 heavy (non-hydrogen) atoms. The van der Waals surface area contributed by atoms with Gasteiger partial charge in [0, 0.05) is 11.8 Å². The number of amides is 1. The maximum Gasteiger partial charge on any atom is 0.331 e. The maximum absolute atomic E-state index is 12.2. The molecule has 2 aromatic carbocycles. The molecule has 0 aromatic heterocycles. The molecule has 1 aliphatic heterocycles. The summed E-state index contributed by atoms with van der Waals surface area (Å²) in [6.07, 6.45) is 2.76. The number of anilines is 1. The van der Waals surface area contributed by atoms with Crippen molar-refractivity contribution >= 4 is 35.2 Å². The quantitative estimate of drug-likeness (QED) is 0.547. The van der Waals surface area contributed by atoms with Crippen LogP contribution >= 0.6 is 11.6 Å². The average molecular weight is 416 g/mol. The highest BCUT2D eigenvalue weighted by atomic mass is 35.5. The van der Waals surface area contributed by atoms with Crippen molar-refractivity contribution in [2.45, 2.75) is 26.7 Å². The van der Waals surface area contributed by atoms with Crippen LogP contribution in [0.4, 0.5) is 5.69 Å². The third kappa shape index (κ3) is 5.09. The highest BCUT2D eigenvalue weighted by Gasteiger charge is 2.18. The van der Waals surface area contributed by atoms with Crippen LogP contribution in [0.3, 0.4) is 0 Å². The smallest absolute Gasteiger partial charge is 0.331 e. The van der Waals surface area contributed by atoms with E-state index in [1.54, 1.807) is 12.1 Å². The lowest BCUT2D eigenvalue weighted by molar-refractivity contribution is -0.142. The molecule has 0 saturated heterocycles. The molecule has 3 rings (SSSR count). The molecule has 1 aliphatic rings. The van der Waals surface area contributed by atoms with Gasteiger partial charge in [0.05, 0.1) is 5.02 Å². The normalized spacial score (nSPS) is 12.4. The van der Waals surface area contributed by atoms with Crippen molar-refractivity contribution in [3.8, 4) is 11.5 Å². The number of hydrogen-bond donors (Lipinski definition) is 1. The van der Waals surface area contributed by atoms with Gasteiger partial charge in [-0.3, -0.25) is 4.79 Å². The van der Waals surface area contributed by atoms with Crippen molar-refractivity contribution in [2.24, 2.45) is 0 Å². The number of aryl methyl sites for hydroxylation is 1. The summed E-state index contributed by atoms with van der Waals surface area (Å²) in [5, 5.41) is 3.23. The minimum atomic E-state index is -0.636. The molecule has 0 spiro atoms. The highest BCUT2D eigenvalue weighted by Crippen LogP contribution is 2.40. The van der Waals surface area contributed by atoms with Gasteiger partial charge in [-0.1, -0.05) is 43.6 Å². The first kappa shape index (κ1) is 20.7. The second kappa shape index (κ2) is 9.01. The van der Waals surface area contributed by atoms with Crippen LogP contribution in [0.2, 0.25) is 5.02 Å². The number of benzene rings is 2. The number of fused-ring (bicyclic) bond motifs is 1. The zero-order valence-electron chi connectivity index (χ0n) is 16.5. The Balaban J connectivity index is 1.57. The number of rotatable bonds is 6. The number of carbonyl (C=O) groups is 2. The first-order chi connectivity index (χ1) is 13.8. The first-order valence-electron chi connectivity index (χ1n) is 9.18. The van der Waals surface area contributed by atoms with Crippen LogP contribution in [0, 0.1) is 6.92 Å². The zero-order valence-corrected chi connectivity index (χ0v) is 17.2. The third-order valence-corrected chi connectivity index (χ3v) is 4.68. The molecule has 6 nitrogen and oxygen atoms in total. The molecule has 0 aliphatic carbocycles. The molecular weight excluding hydrogens is 394 g/mol. The predicted molar refractivity (Wildman–Crippen MR) is 111 cm³/mol. The number of carbonyl (C=O) groups excluding carboxylic acids is 2. The van der Waals surface area contributed by atoms with E-state index in [1.807, 2.05) is 25.1 Å². The molecule has 0 radical (unpaired) electrons. The number of para-hydroxylation sites is 1. The summed E-state index contributed by atoms with van der Waals surface area (Å²) in [4.78, 5) is 24.2. The van der Waals surface area contributed by atoms with Gasteiger partial charge in [-0.2, -0.15) is 0 Å². The molecule has 0 bridgehead atoms. The fourth-order valence-corrected chi connectivity index (χ4v) is 3.22. The molecule has 0 unspecified atom stereocenters. The van der Waals surface area contributed by atoms with Crippen molar-refractivity contribution in [1.82, 2.24) is 0 Å². The first-order valence-corrected chi connectivity index (χ1v) is 9.56. The van der Waals surface area contributed by atoms with E-state index in [9.17, 15) is 9.59 Å². The summed E-state index contributed by atoms with van der Waals surface area (Å²) in [7, 11) is 0. The number of ether oxygens (including phenoxy) is 3. The monoisotopic (exact) mass is 415 g/mol. The van der Waals surface area contributed by atoms with Gasteiger partial charge in [0.25, 0.3) is 5.91 Å². The van der Waals surface area contributed by atoms with Crippen molar-refractivity contribution in [2.75, 3.05) is 18.7 Å². The molecule has 2 aromatic rings. The lowest BCUT2D eigenvalue weighted by Crippen LogP contribution is -2.21. The van der Waals surface area contributed by atoms with Gasteiger partial charge in [-0.15, -0.1) is 0 Å².